The summed E-state index contributed by atoms with van der Waals surface area (Å²) in [5, 5.41) is 8.97. The van der Waals surface area contributed by atoms with E-state index in [0.717, 1.165) is 99.4 Å². The Balaban J connectivity index is 1.13. The first-order valence-electron chi connectivity index (χ1n) is 19.8. The van der Waals surface area contributed by atoms with Crippen LogP contribution in [0.1, 0.15) is 18.1 Å². The van der Waals surface area contributed by atoms with Crippen LogP contribution in [0, 0.1) is 6.92 Å². The van der Waals surface area contributed by atoms with E-state index in [1.165, 1.54) is 21.9 Å². The first kappa shape index (κ1) is 33.8. The molecular formula is C54H36N4. The monoisotopic (exact) mass is 740 g/mol. The van der Waals surface area contributed by atoms with Crippen molar-refractivity contribution in [3.8, 4) is 45.0 Å². The Hall–Kier alpha value is -7.56. The predicted octanol–water partition coefficient (Wildman–Crippen LogP) is 14.2. The van der Waals surface area contributed by atoms with Crippen LogP contribution >= 0.6 is 0 Å². The van der Waals surface area contributed by atoms with Gasteiger partial charge < -0.3 is 0 Å². The van der Waals surface area contributed by atoms with E-state index < -0.39 is 0 Å². The van der Waals surface area contributed by atoms with Crippen LogP contribution in [0.15, 0.2) is 176 Å². The number of aromatic nitrogens is 4. The topological polar surface area (TPSA) is 51.6 Å². The molecule has 58 heavy (non-hydrogen) atoms. The molecule has 11 aromatic rings. The third-order valence-corrected chi connectivity index (χ3v) is 11.5. The molecule has 0 atom stereocenters. The Morgan fingerprint density at radius 3 is 1.28 bits per heavy atom. The summed E-state index contributed by atoms with van der Waals surface area (Å²) in [4.78, 5) is 21.2. The zero-order valence-electron chi connectivity index (χ0n) is 32.1. The third kappa shape index (κ3) is 5.53. The zero-order chi connectivity index (χ0) is 38.7. The number of allylic oxidation sites excluding steroid dienone is 1. The molecule has 0 aliphatic rings. The van der Waals surface area contributed by atoms with Gasteiger partial charge in [-0.2, -0.15) is 0 Å². The average molecular weight is 741 g/mol. The van der Waals surface area contributed by atoms with Crippen LogP contribution in [-0.4, -0.2) is 19.9 Å². The molecule has 272 valence electrons. The van der Waals surface area contributed by atoms with Crippen molar-refractivity contribution in [3.63, 3.8) is 0 Å². The number of pyridine rings is 4. The highest BCUT2D eigenvalue weighted by molar-refractivity contribution is 6.18. The maximum absolute atomic E-state index is 5.42. The quantitative estimate of drug-likeness (QED) is 0.165. The van der Waals surface area contributed by atoms with E-state index in [4.69, 9.17) is 19.9 Å². The van der Waals surface area contributed by atoms with Gasteiger partial charge in [0.15, 0.2) is 0 Å². The SMILES string of the molecule is CC=Cc1c(C)c(-c2ccc3ccc4ccc(-c5ccccc5)nc4c3n2)cc2cc(-c3ccc4ccc5ccc(-c6ccccc6)nc5c4n3)c3ccccc3c12. The lowest BCUT2D eigenvalue weighted by Crippen LogP contribution is -1.96. The number of rotatable bonds is 5. The van der Waals surface area contributed by atoms with Crippen molar-refractivity contribution in [2.75, 3.05) is 0 Å². The number of fused-ring (bicyclic) bond motifs is 9. The third-order valence-electron chi connectivity index (χ3n) is 11.5. The molecule has 0 spiro atoms. The summed E-state index contributed by atoms with van der Waals surface area (Å²) >= 11 is 0. The molecule has 0 bridgehead atoms. The van der Waals surface area contributed by atoms with Crippen molar-refractivity contribution < 1.29 is 0 Å². The van der Waals surface area contributed by atoms with Gasteiger partial charge in [0.05, 0.1) is 44.8 Å². The molecule has 11 rings (SSSR count). The Morgan fingerprint density at radius 1 is 0.379 bits per heavy atom. The van der Waals surface area contributed by atoms with Crippen LogP contribution in [-0.2, 0) is 0 Å². The van der Waals surface area contributed by atoms with Gasteiger partial charge in [-0.05, 0) is 82.9 Å². The zero-order valence-corrected chi connectivity index (χ0v) is 32.1. The molecule has 7 aromatic carbocycles. The summed E-state index contributed by atoms with van der Waals surface area (Å²) in [6, 6.07) is 59.8. The highest BCUT2D eigenvalue weighted by Crippen LogP contribution is 2.42. The Labute approximate surface area is 335 Å². The van der Waals surface area contributed by atoms with E-state index in [1.807, 2.05) is 12.1 Å². The summed E-state index contributed by atoms with van der Waals surface area (Å²) in [5.41, 5.74) is 14.0. The first-order chi connectivity index (χ1) is 28.6. The van der Waals surface area contributed by atoms with Gasteiger partial charge in [-0.3, -0.25) is 0 Å². The molecule has 4 heterocycles. The fourth-order valence-electron chi connectivity index (χ4n) is 8.64. The van der Waals surface area contributed by atoms with Gasteiger partial charge in [-0.15, -0.1) is 0 Å². The lowest BCUT2D eigenvalue weighted by molar-refractivity contribution is 1.35. The second-order valence-electron chi connectivity index (χ2n) is 15.0. The standard InChI is InChI=1S/C54H36N4/c1-3-12-41-33(2)44(48-29-25-38-21-19-36-23-27-46(34-13-6-4-7-14-34)55-51(36)53(38)57-48)31-40-32-45(42-17-10-11-18-43(42)50(40)41)49-30-26-39-22-20-37-24-28-47(35-15-8-5-9-16-35)56-52(37)54(39)58-49/h3-32H,1-2H3. The minimum atomic E-state index is 0.896. The molecule has 0 radical (unpaired) electrons. The lowest BCUT2D eigenvalue weighted by atomic mass is 9.87. The molecule has 0 aliphatic carbocycles. The van der Waals surface area contributed by atoms with Gasteiger partial charge in [0.25, 0.3) is 0 Å². The van der Waals surface area contributed by atoms with E-state index in [9.17, 15) is 0 Å². The van der Waals surface area contributed by atoms with Gasteiger partial charge in [-0.1, -0.05) is 146 Å². The number of nitrogens with zero attached hydrogens (tertiary/aromatic N) is 4. The number of hydrogen-bond acceptors (Lipinski definition) is 4. The second kappa shape index (κ2) is 13.6. The minimum Gasteiger partial charge on any atom is -0.245 e. The van der Waals surface area contributed by atoms with E-state index in [-0.39, 0.29) is 0 Å². The Morgan fingerprint density at radius 2 is 0.776 bits per heavy atom. The highest BCUT2D eigenvalue weighted by Gasteiger charge is 2.18. The van der Waals surface area contributed by atoms with Crippen molar-refractivity contribution in [3.05, 3.63) is 187 Å². The molecule has 0 aliphatic heterocycles. The molecule has 4 aromatic heterocycles. The van der Waals surface area contributed by atoms with Gasteiger partial charge >= 0.3 is 0 Å². The van der Waals surface area contributed by atoms with Gasteiger partial charge in [0, 0.05) is 43.8 Å². The summed E-state index contributed by atoms with van der Waals surface area (Å²) in [6.45, 7) is 4.31. The second-order valence-corrected chi connectivity index (χ2v) is 15.0. The largest absolute Gasteiger partial charge is 0.245 e. The molecule has 0 amide bonds. The van der Waals surface area contributed by atoms with Gasteiger partial charge in [0.2, 0.25) is 0 Å². The average Bonchev–Trinajstić information content (AvgIpc) is 3.29. The normalized spacial score (nSPS) is 11.9. The molecule has 4 nitrogen and oxygen atoms in total. The number of hydrogen-bond donors (Lipinski definition) is 0. The summed E-state index contributed by atoms with van der Waals surface area (Å²) in [7, 11) is 0. The molecule has 4 heteroatoms. The van der Waals surface area contributed by atoms with Crippen LogP contribution in [0.25, 0.3) is 116 Å². The molecule has 0 fully saturated rings. The Bertz CT molecular complexity index is 3460. The fraction of sp³-hybridized carbons (Fsp3) is 0.0370. The maximum atomic E-state index is 5.42. The van der Waals surface area contributed by atoms with Gasteiger partial charge in [-0.25, -0.2) is 19.9 Å². The highest BCUT2D eigenvalue weighted by atomic mass is 14.8. The van der Waals surface area contributed by atoms with E-state index in [1.54, 1.807) is 0 Å². The molecule has 0 N–H and O–H groups in total. The Kier molecular flexibility index (Phi) is 7.90. The molecule has 0 saturated heterocycles. The van der Waals surface area contributed by atoms with Crippen LogP contribution in [0.3, 0.4) is 0 Å². The van der Waals surface area contributed by atoms with E-state index in [0.29, 0.717) is 0 Å². The van der Waals surface area contributed by atoms with Crippen molar-refractivity contribution >= 4 is 71.2 Å². The van der Waals surface area contributed by atoms with Crippen molar-refractivity contribution in [1.29, 1.82) is 0 Å². The van der Waals surface area contributed by atoms with Crippen LogP contribution in [0.5, 0.6) is 0 Å². The molecule has 0 saturated carbocycles. The van der Waals surface area contributed by atoms with Crippen molar-refractivity contribution in [2.45, 2.75) is 13.8 Å². The van der Waals surface area contributed by atoms with Crippen LogP contribution in [0.2, 0.25) is 0 Å². The maximum Gasteiger partial charge on any atom is 0.0972 e. The number of benzene rings is 7. The van der Waals surface area contributed by atoms with Crippen LogP contribution in [0.4, 0.5) is 0 Å². The first-order valence-corrected chi connectivity index (χ1v) is 19.8. The van der Waals surface area contributed by atoms with Crippen molar-refractivity contribution in [2.24, 2.45) is 0 Å². The summed E-state index contributed by atoms with van der Waals surface area (Å²) < 4.78 is 0. The molecular weight excluding hydrogens is 705 g/mol. The fourth-order valence-corrected chi connectivity index (χ4v) is 8.64. The van der Waals surface area contributed by atoms with Crippen molar-refractivity contribution in [1.82, 2.24) is 19.9 Å². The summed E-state index contributed by atoms with van der Waals surface area (Å²) in [6.07, 6.45) is 4.38. The van der Waals surface area contributed by atoms with Crippen LogP contribution < -0.4 is 0 Å². The molecule has 0 unspecified atom stereocenters. The van der Waals surface area contributed by atoms with Gasteiger partial charge in [0.1, 0.15) is 0 Å². The van der Waals surface area contributed by atoms with E-state index >= 15 is 0 Å². The smallest absolute Gasteiger partial charge is 0.0972 e. The summed E-state index contributed by atoms with van der Waals surface area (Å²) in [5.74, 6) is 0. The lowest BCUT2D eigenvalue weighted by Gasteiger charge is -2.18. The minimum absolute atomic E-state index is 0.896. The predicted molar refractivity (Wildman–Crippen MR) is 244 cm³/mol. The van der Waals surface area contributed by atoms with E-state index in [2.05, 4.69) is 184 Å².